The molecule has 0 bridgehead atoms. The van der Waals surface area contributed by atoms with Crippen molar-refractivity contribution < 1.29 is 4.74 Å². The summed E-state index contributed by atoms with van der Waals surface area (Å²) >= 11 is 0. The number of hydrogen-bond acceptors (Lipinski definition) is 2. The van der Waals surface area contributed by atoms with Crippen LogP contribution in [0.25, 0.3) is 0 Å². The fourth-order valence-electron chi connectivity index (χ4n) is 2.05. The first-order valence-electron chi connectivity index (χ1n) is 4.01. The van der Waals surface area contributed by atoms with Crippen LogP contribution in [0.15, 0.2) is 0 Å². The van der Waals surface area contributed by atoms with Gasteiger partial charge in [-0.15, -0.1) is 0 Å². The summed E-state index contributed by atoms with van der Waals surface area (Å²) in [4.78, 5) is 0. The topological polar surface area (TPSA) is 21.3 Å². The SMILES string of the molecule is CC1(C)CN[C@@H]2COC[C@H]21. The zero-order valence-electron chi connectivity index (χ0n) is 6.68. The molecule has 58 valence electrons. The number of hydrogen-bond donors (Lipinski definition) is 1. The Bertz CT molecular complexity index is 144. The number of fused-ring (bicyclic) bond motifs is 1. The van der Waals surface area contributed by atoms with Crippen molar-refractivity contribution >= 4 is 0 Å². The Kier molecular flexibility index (Phi) is 1.29. The molecule has 0 aliphatic carbocycles. The minimum absolute atomic E-state index is 0.459. The fraction of sp³-hybridized carbons (Fsp3) is 1.00. The molecule has 2 saturated heterocycles. The average molecular weight is 141 g/mol. The van der Waals surface area contributed by atoms with Gasteiger partial charge in [0.15, 0.2) is 0 Å². The Morgan fingerprint density at radius 1 is 1.40 bits per heavy atom. The molecule has 2 heterocycles. The van der Waals surface area contributed by atoms with Crippen LogP contribution in [0.3, 0.4) is 0 Å². The van der Waals surface area contributed by atoms with Crippen molar-refractivity contribution in [2.75, 3.05) is 19.8 Å². The molecule has 10 heavy (non-hydrogen) atoms. The molecule has 0 spiro atoms. The van der Waals surface area contributed by atoms with E-state index in [1.807, 2.05) is 0 Å². The van der Waals surface area contributed by atoms with Crippen molar-refractivity contribution in [3.8, 4) is 0 Å². The molecular weight excluding hydrogens is 126 g/mol. The molecule has 2 nitrogen and oxygen atoms in total. The largest absolute Gasteiger partial charge is 0.379 e. The van der Waals surface area contributed by atoms with E-state index >= 15 is 0 Å². The van der Waals surface area contributed by atoms with Crippen LogP contribution in [-0.4, -0.2) is 25.8 Å². The smallest absolute Gasteiger partial charge is 0.0623 e. The van der Waals surface area contributed by atoms with Gasteiger partial charge in [-0.25, -0.2) is 0 Å². The first-order chi connectivity index (χ1) is 4.70. The van der Waals surface area contributed by atoms with Crippen LogP contribution >= 0.6 is 0 Å². The van der Waals surface area contributed by atoms with Crippen LogP contribution in [0.5, 0.6) is 0 Å². The number of nitrogens with one attached hydrogen (secondary N) is 1. The summed E-state index contributed by atoms with van der Waals surface area (Å²) in [6, 6.07) is 0.648. The monoisotopic (exact) mass is 141 g/mol. The Balaban J connectivity index is 2.16. The van der Waals surface area contributed by atoms with E-state index in [9.17, 15) is 0 Å². The van der Waals surface area contributed by atoms with Crippen molar-refractivity contribution in [2.24, 2.45) is 11.3 Å². The summed E-state index contributed by atoms with van der Waals surface area (Å²) < 4.78 is 5.38. The van der Waals surface area contributed by atoms with Gasteiger partial charge in [0.1, 0.15) is 0 Å². The maximum Gasteiger partial charge on any atom is 0.0623 e. The maximum absolute atomic E-state index is 5.38. The Labute approximate surface area is 61.9 Å². The van der Waals surface area contributed by atoms with Crippen molar-refractivity contribution in [3.05, 3.63) is 0 Å². The van der Waals surface area contributed by atoms with Gasteiger partial charge in [-0.05, 0) is 5.41 Å². The third-order valence-corrected chi connectivity index (χ3v) is 2.90. The highest BCUT2D eigenvalue weighted by molar-refractivity contribution is 4.98. The highest BCUT2D eigenvalue weighted by Gasteiger charge is 2.44. The molecule has 1 N–H and O–H groups in total. The molecule has 2 atom stereocenters. The van der Waals surface area contributed by atoms with E-state index in [2.05, 4.69) is 19.2 Å². The van der Waals surface area contributed by atoms with E-state index in [4.69, 9.17) is 4.74 Å². The van der Waals surface area contributed by atoms with E-state index in [1.165, 1.54) is 0 Å². The lowest BCUT2D eigenvalue weighted by Gasteiger charge is -2.22. The van der Waals surface area contributed by atoms with Gasteiger partial charge < -0.3 is 10.1 Å². The molecule has 2 fully saturated rings. The van der Waals surface area contributed by atoms with Gasteiger partial charge >= 0.3 is 0 Å². The minimum Gasteiger partial charge on any atom is -0.379 e. The first kappa shape index (κ1) is 6.62. The van der Waals surface area contributed by atoms with E-state index in [-0.39, 0.29) is 0 Å². The lowest BCUT2D eigenvalue weighted by Crippen LogP contribution is -2.26. The second-order valence-corrected chi connectivity index (χ2v) is 4.12. The highest BCUT2D eigenvalue weighted by Crippen LogP contribution is 2.37. The number of ether oxygens (including phenoxy) is 1. The lowest BCUT2D eigenvalue weighted by atomic mass is 9.80. The van der Waals surface area contributed by atoms with Crippen LogP contribution in [-0.2, 0) is 4.74 Å². The van der Waals surface area contributed by atoms with Crippen LogP contribution in [0.1, 0.15) is 13.8 Å². The van der Waals surface area contributed by atoms with Crippen LogP contribution < -0.4 is 5.32 Å². The fourth-order valence-corrected chi connectivity index (χ4v) is 2.05. The normalized spacial score (nSPS) is 43.8. The van der Waals surface area contributed by atoms with E-state index in [0.29, 0.717) is 11.5 Å². The van der Waals surface area contributed by atoms with Crippen molar-refractivity contribution in [3.63, 3.8) is 0 Å². The predicted molar refractivity (Wildman–Crippen MR) is 39.9 cm³/mol. The van der Waals surface area contributed by atoms with Crippen LogP contribution in [0, 0.1) is 11.3 Å². The third-order valence-electron chi connectivity index (χ3n) is 2.90. The van der Waals surface area contributed by atoms with Crippen LogP contribution in [0.4, 0.5) is 0 Å². The molecule has 0 radical (unpaired) electrons. The van der Waals surface area contributed by atoms with Gasteiger partial charge in [-0.1, -0.05) is 13.8 Å². The van der Waals surface area contributed by atoms with Gasteiger partial charge in [-0.3, -0.25) is 0 Å². The van der Waals surface area contributed by atoms with Gasteiger partial charge in [-0.2, -0.15) is 0 Å². The lowest BCUT2D eigenvalue weighted by molar-refractivity contribution is 0.147. The molecule has 2 heteroatoms. The third kappa shape index (κ3) is 0.789. The van der Waals surface area contributed by atoms with E-state index in [0.717, 1.165) is 25.7 Å². The van der Waals surface area contributed by atoms with E-state index < -0.39 is 0 Å². The predicted octanol–water partition coefficient (Wildman–Crippen LogP) is 0.631. The van der Waals surface area contributed by atoms with Gasteiger partial charge in [0.2, 0.25) is 0 Å². The van der Waals surface area contributed by atoms with Crippen molar-refractivity contribution in [1.82, 2.24) is 5.32 Å². The standard InChI is InChI=1S/C8H15NO/c1-8(2)5-9-7-4-10-3-6(7)8/h6-7,9H,3-5H2,1-2H3/t6-,7-/m1/s1. The molecule has 0 saturated carbocycles. The average Bonchev–Trinajstić information content (AvgIpc) is 2.36. The summed E-state index contributed by atoms with van der Waals surface area (Å²) in [5.41, 5.74) is 0.459. The molecule has 2 aliphatic heterocycles. The maximum atomic E-state index is 5.38. The van der Waals surface area contributed by atoms with Gasteiger partial charge in [0.25, 0.3) is 0 Å². The molecule has 0 aromatic carbocycles. The molecule has 2 aliphatic rings. The minimum atomic E-state index is 0.459. The zero-order valence-corrected chi connectivity index (χ0v) is 6.68. The van der Waals surface area contributed by atoms with Gasteiger partial charge in [0, 0.05) is 18.5 Å². The van der Waals surface area contributed by atoms with Gasteiger partial charge in [0.05, 0.1) is 13.2 Å². The Morgan fingerprint density at radius 3 is 2.90 bits per heavy atom. The molecule has 0 amide bonds. The highest BCUT2D eigenvalue weighted by atomic mass is 16.5. The zero-order chi connectivity index (χ0) is 7.19. The summed E-state index contributed by atoms with van der Waals surface area (Å²) in [7, 11) is 0. The quantitative estimate of drug-likeness (QED) is 0.534. The summed E-state index contributed by atoms with van der Waals surface area (Å²) in [5.74, 6) is 0.757. The second-order valence-electron chi connectivity index (χ2n) is 4.12. The summed E-state index contributed by atoms with van der Waals surface area (Å²) in [5, 5.41) is 3.48. The molecule has 0 aromatic heterocycles. The van der Waals surface area contributed by atoms with Crippen LogP contribution in [0.2, 0.25) is 0 Å². The number of rotatable bonds is 0. The van der Waals surface area contributed by atoms with Crippen molar-refractivity contribution in [2.45, 2.75) is 19.9 Å². The van der Waals surface area contributed by atoms with Crippen molar-refractivity contribution in [1.29, 1.82) is 0 Å². The molecule has 0 aromatic rings. The first-order valence-corrected chi connectivity index (χ1v) is 4.01. The van der Waals surface area contributed by atoms with E-state index in [1.54, 1.807) is 0 Å². The summed E-state index contributed by atoms with van der Waals surface area (Å²) in [6.07, 6.45) is 0. The molecular formula is C8H15NO. The molecule has 0 unspecified atom stereocenters. The Morgan fingerprint density at radius 2 is 2.20 bits per heavy atom. The summed E-state index contributed by atoms with van der Waals surface area (Å²) in [6.45, 7) is 7.68. The second kappa shape index (κ2) is 1.95. The Hall–Kier alpha value is -0.0800. The molecule has 2 rings (SSSR count).